The smallest absolute Gasteiger partial charge is 0.405 e. The number of fused-ring (bicyclic) bond motifs is 1. The van der Waals surface area contributed by atoms with E-state index in [4.69, 9.17) is 5.11 Å². The number of carboxylic acid groups (broad SMARTS) is 1. The number of carbonyl (C=O) groups is 3. The molecule has 0 aromatic carbocycles. The van der Waals surface area contributed by atoms with Crippen LogP contribution >= 0.6 is 11.8 Å². The van der Waals surface area contributed by atoms with E-state index in [0.717, 1.165) is 24.9 Å². The van der Waals surface area contributed by atoms with Crippen LogP contribution in [0, 0.1) is 0 Å². The Kier molecular flexibility index (Phi) is 4.11. The summed E-state index contributed by atoms with van der Waals surface area (Å²) >= 11 is 1.63. The molecule has 100 valence electrons. The van der Waals surface area contributed by atoms with Crippen molar-refractivity contribution in [1.29, 1.82) is 0 Å². The molecule has 0 bridgehead atoms. The number of nitrogens with one attached hydrogen (secondary N) is 1. The maximum Gasteiger partial charge on any atom is 0.405 e. The summed E-state index contributed by atoms with van der Waals surface area (Å²) in [6.07, 6.45) is 2.56. The lowest BCUT2D eigenvalue weighted by molar-refractivity contribution is -0.140. The SMILES string of the molecule is O=CC1CCC[C@@H]2SCCC(NC(=O)O)C(=O)N12. The van der Waals surface area contributed by atoms with Crippen LogP contribution in [-0.4, -0.2) is 51.5 Å². The lowest BCUT2D eigenvalue weighted by atomic mass is 10.0. The first kappa shape index (κ1) is 13.2. The predicted octanol–water partition coefficient (Wildman–Crippen LogP) is 0.666. The van der Waals surface area contributed by atoms with Crippen molar-refractivity contribution in [2.24, 2.45) is 0 Å². The highest BCUT2D eigenvalue weighted by molar-refractivity contribution is 7.99. The van der Waals surface area contributed by atoms with E-state index >= 15 is 0 Å². The van der Waals surface area contributed by atoms with Gasteiger partial charge in [0.25, 0.3) is 0 Å². The normalized spacial score (nSPS) is 32.3. The topological polar surface area (TPSA) is 86.7 Å². The lowest BCUT2D eigenvalue weighted by Gasteiger charge is -2.39. The number of amides is 2. The van der Waals surface area contributed by atoms with Gasteiger partial charge in [0.05, 0.1) is 11.4 Å². The van der Waals surface area contributed by atoms with E-state index in [0.29, 0.717) is 12.8 Å². The molecule has 2 heterocycles. The Morgan fingerprint density at radius 2 is 2.22 bits per heavy atom. The van der Waals surface area contributed by atoms with Crippen LogP contribution in [0.1, 0.15) is 25.7 Å². The third kappa shape index (κ3) is 2.60. The van der Waals surface area contributed by atoms with E-state index in [1.54, 1.807) is 16.7 Å². The van der Waals surface area contributed by atoms with Crippen molar-refractivity contribution in [2.75, 3.05) is 5.75 Å². The van der Waals surface area contributed by atoms with E-state index in [2.05, 4.69) is 5.32 Å². The molecule has 7 heteroatoms. The van der Waals surface area contributed by atoms with Crippen molar-refractivity contribution in [3.8, 4) is 0 Å². The molecule has 18 heavy (non-hydrogen) atoms. The highest BCUT2D eigenvalue weighted by Crippen LogP contribution is 2.33. The number of hydrogen-bond donors (Lipinski definition) is 2. The Labute approximate surface area is 109 Å². The molecule has 0 aromatic heterocycles. The monoisotopic (exact) mass is 272 g/mol. The fourth-order valence-corrected chi connectivity index (χ4v) is 3.90. The highest BCUT2D eigenvalue weighted by Gasteiger charge is 2.40. The first-order valence-corrected chi connectivity index (χ1v) is 7.07. The lowest BCUT2D eigenvalue weighted by Crippen LogP contribution is -2.55. The number of rotatable bonds is 2. The minimum Gasteiger partial charge on any atom is -0.465 e. The van der Waals surface area contributed by atoms with Gasteiger partial charge in [0.1, 0.15) is 12.3 Å². The summed E-state index contributed by atoms with van der Waals surface area (Å²) in [6.45, 7) is 0. The van der Waals surface area contributed by atoms with Gasteiger partial charge in [0.15, 0.2) is 0 Å². The Balaban J connectivity index is 2.18. The van der Waals surface area contributed by atoms with E-state index < -0.39 is 18.2 Å². The standard InChI is InChI=1S/C11H16N2O4S/c14-6-7-2-1-3-9-13(7)10(15)8(4-5-18-9)12-11(16)17/h6-9,12H,1-5H2,(H,16,17)/t7?,8?,9-/m0/s1. The molecule has 2 aliphatic rings. The molecule has 0 spiro atoms. The Bertz CT molecular complexity index is 363. The Morgan fingerprint density at radius 3 is 2.89 bits per heavy atom. The summed E-state index contributed by atoms with van der Waals surface area (Å²) in [4.78, 5) is 35.6. The van der Waals surface area contributed by atoms with Crippen LogP contribution in [0.4, 0.5) is 4.79 Å². The van der Waals surface area contributed by atoms with Gasteiger partial charge in [-0.05, 0) is 31.4 Å². The van der Waals surface area contributed by atoms with Crippen molar-refractivity contribution in [3.63, 3.8) is 0 Å². The number of nitrogens with zero attached hydrogens (tertiary/aromatic N) is 1. The minimum atomic E-state index is -1.20. The molecule has 2 saturated heterocycles. The molecular formula is C11H16N2O4S. The van der Waals surface area contributed by atoms with E-state index in [9.17, 15) is 14.4 Å². The van der Waals surface area contributed by atoms with Gasteiger partial charge < -0.3 is 20.1 Å². The Hall–Kier alpha value is -1.24. The van der Waals surface area contributed by atoms with E-state index in [-0.39, 0.29) is 11.3 Å². The van der Waals surface area contributed by atoms with Gasteiger partial charge in [0, 0.05) is 0 Å². The molecule has 0 saturated carbocycles. The van der Waals surface area contributed by atoms with Gasteiger partial charge in [-0.25, -0.2) is 4.79 Å². The molecule has 3 atom stereocenters. The maximum absolute atomic E-state index is 12.3. The van der Waals surface area contributed by atoms with Crippen molar-refractivity contribution in [3.05, 3.63) is 0 Å². The Morgan fingerprint density at radius 1 is 1.44 bits per heavy atom. The molecule has 2 unspecified atom stereocenters. The van der Waals surface area contributed by atoms with Gasteiger partial charge in [-0.3, -0.25) is 4.79 Å². The van der Waals surface area contributed by atoms with Crippen LogP contribution in [0.3, 0.4) is 0 Å². The van der Waals surface area contributed by atoms with Gasteiger partial charge in [-0.15, -0.1) is 11.8 Å². The first-order valence-electron chi connectivity index (χ1n) is 6.02. The zero-order valence-corrected chi connectivity index (χ0v) is 10.7. The molecule has 0 aliphatic carbocycles. The quantitative estimate of drug-likeness (QED) is 0.721. The third-order valence-electron chi connectivity index (χ3n) is 3.34. The summed E-state index contributed by atoms with van der Waals surface area (Å²) in [7, 11) is 0. The largest absolute Gasteiger partial charge is 0.465 e. The number of hydrogen-bond acceptors (Lipinski definition) is 4. The van der Waals surface area contributed by atoms with Gasteiger partial charge in [0.2, 0.25) is 5.91 Å². The zero-order chi connectivity index (χ0) is 13.1. The van der Waals surface area contributed by atoms with Crippen molar-refractivity contribution < 1.29 is 19.5 Å². The summed E-state index contributed by atoms with van der Waals surface area (Å²) in [5.74, 6) is 0.466. The summed E-state index contributed by atoms with van der Waals surface area (Å²) in [5, 5.41) is 11.0. The molecule has 2 fully saturated rings. The second-order valence-corrected chi connectivity index (χ2v) is 5.78. The van der Waals surface area contributed by atoms with Crippen LogP contribution in [-0.2, 0) is 9.59 Å². The van der Waals surface area contributed by atoms with Gasteiger partial charge in [-0.2, -0.15) is 0 Å². The second kappa shape index (κ2) is 5.60. The average Bonchev–Trinajstić information content (AvgIpc) is 2.49. The van der Waals surface area contributed by atoms with Crippen LogP contribution in [0.25, 0.3) is 0 Å². The van der Waals surface area contributed by atoms with Gasteiger partial charge in [-0.1, -0.05) is 0 Å². The number of carbonyl (C=O) groups excluding carboxylic acids is 2. The number of thioether (sulfide) groups is 1. The molecule has 0 aromatic rings. The molecule has 6 nitrogen and oxygen atoms in total. The van der Waals surface area contributed by atoms with Crippen LogP contribution in [0.5, 0.6) is 0 Å². The summed E-state index contributed by atoms with van der Waals surface area (Å²) < 4.78 is 0. The zero-order valence-electron chi connectivity index (χ0n) is 9.87. The van der Waals surface area contributed by atoms with Crippen molar-refractivity contribution in [1.82, 2.24) is 10.2 Å². The number of piperidine rings is 1. The molecule has 2 aliphatic heterocycles. The fraction of sp³-hybridized carbons (Fsp3) is 0.727. The maximum atomic E-state index is 12.3. The van der Waals surface area contributed by atoms with Crippen LogP contribution in [0.15, 0.2) is 0 Å². The fourth-order valence-electron chi connectivity index (χ4n) is 2.50. The third-order valence-corrected chi connectivity index (χ3v) is 4.66. The van der Waals surface area contributed by atoms with E-state index in [1.807, 2.05) is 0 Å². The average molecular weight is 272 g/mol. The molecule has 0 radical (unpaired) electrons. The van der Waals surface area contributed by atoms with Crippen molar-refractivity contribution >= 4 is 30.0 Å². The van der Waals surface area contributed by atoms with Crippen LogP contribution < -0.4 is 5.32 Å². The number of aldehydes is 1. The van der Waals surface area contributed by atoms with Crippen LogP contribution in [0.2, 0.25) is 0 Å². The summed E-state index contributed by atoms with van der Waals surface area (Å²) in [5.41, 5.74) is 0. The van der Waals surface area contributed by atoms with Gasteiger partial charge >= 0.3 is 6.09 Å². The first-order chi connectivity index (χ1) is 8.63. The molecular weight excluding hydrogens is 256 g/mol. The molecule has 2 N–H and O–H groups in total. The molecule has 2 amide bonds. The predicted molar refractivity (Wildman–Crippen MR) is 66.4 cm³/mol. The minimum absolute atomic E-state index is 0.0158. The van der Waals surface area contributed by atoms with Crippen molar-refractivity contribution in [2.45, 2.75) is 43.1 Å². The molecule has 2 rings (SSSR count). The summed E-state index contributed by atoms with van der Waals surface area (Å²) in [6, 6.07) is -1.12. The second-order valence-electron chi connectivity index (χ2n) is 4.50. The highest BCUT2D eigenvalue weighted by atomic mass is 32.2. The van der Waals surface area contributed by atoms with E-state index in [1.165, 1.54) is 0 Å².